The van der Waals surface area contributed by atoms with Gasteiger partial charge in [-0.25, -0.2) is 0 Å². The van der Waals surface area contributed by atoms with E-state index in [0.717, 1.165) is 0 Å². The van der Waals surface area contributed by atoms with Crippen LogP contribution in [0.4, 0.5) is 0 Å². The SMILES string of the molecule is c1ccc(-c2ccc3ccccc3c2-c2ccc3cc4c5c(-c6ccccc6)c6c(cc7c8ccccc8c8cccc6c87)c(-c6ccccc6)c5c5cccc(c3c2)c54)cc1. The van der Waals surface area contributed by atoms with Crippen LogP contribution in [0.5, 0.6) is 0 Å². The van der Waals surface area contributed by atoms with Crippen LogP contribution < -0.4 is 0 Å². The Labute approximate surface area is 358 Å². The number of benzene rings is 12. The molecular weight excluding hydrogens is 745 g/mol. The van der Waals surface area contributed by atoms with Crippen LogP contribution in [0.1, 0.15) is 0 Å². The number of hydrogen-bond donors (Lipinski definition) is 0. The zero-order valence-corrected chi connectivity index (χ0v) is 33.8. The highest BCUT2D eigenvalue weighted by Crippen LogP contribution is 2.55. The third-order valence-corrected chi connectivity index (χ3v) is 13.9. The summed E-state index contributed by atoms with van der Waals surface area (Å²) in [6.45, 7) is 0. The highest BCUT2D eigenvalue weighted by molar-refractivity contribution is 6.46. The van der Waals surface area contributed by atoms with E-state index in [4.69, 9.17) is 0 Å². The molecule has 14 aromatic carbocycles. The van der Waals surface area contributed by atoms with Crippen LogP contribution in [-0.4, -0.2) is 0 Å². The lowest BCUT2D eigenvalue weighted by molar-refractivity contribution is 1.62. The maximum atomic E-state index is 2.53. The molecule has 0 aliphatic carbocycles. The third kappa shape index (κ3) is 4.56. The molecule has 0 heteroatoms. The van der Waals surface area contributed by atoms with E-state index in [-0.39, 0.29) is 0 Å². The fraction of sp³-hybridized carbons (Fsp3) is 0. The van der Waals surface area contributed by atoms with Gasteiger partial charge in [-0.15, -0.1) is 0 Å². The Morgan fingerprint density at radius 2 is 0.694 bits per heavy atom. The highest BCUT2D eigenvalue weighted by Gasteiger charge is 2.27. The second kappa shape index (κ2) is 12.7. The van der Waals surface area contributed by atoms with E-state index in [1.165, 1.54) is 141 Å². The Morgan fingerprint density at radius 1 is 0.177 bits per heavy atom. The molecule has 14 rings (SSSR count). The van der Waals surface area contributed by atoms with Crippen LogP contribution in [0, 0.1) is 0 Å². The van der Waals surface area contributed by atoms with Crippen molar-refractivity contribution < 1.29 is 0 Å². The molecular formula is C62H36. The summed E-state index contributed by atoms with van der Waals surface area (Å²) in [4.78, 5) is 0. The average Bonchev–Trinajstić information content (AvgIpc) is 3.84. The standard InChI is InChI=1S/C62H36/c1-4-16-37(17-5-1)44-33-32-38-18-10-11-23-43(38)55(44)42-31-30-41-34-53-59-48(51(41)35-42)27-15-29-50(59)61-56(39-19-6-2-7-20-39)54-36-52-46-25-13-12-24-45(46)47-26-14-28-49(58(47)52)60(54)57(62(53)61)40-21-8-3-9-22-40/h1-36H. The first-order valence-corrected chi connectivity index (χ1v) is 21.7. The van der Waals surface area contributed by atoms with Crippen molar-refractivity contribution in [2.24, 2.45) is 0 Å². The summed E-state index contributed by atoms with van der Waals surface area (Å²) in [6.07, 6.45) is 0. The minimum Gasteiger partial charge on any atom is -0.0622 e. The van der Waals surface area contributed by atoms with E-state index < -0.39 is 0 Å². The maximum Gasteiger partial charge on any atom is -0.000697 e. The summed E-state index contributed by atoms with van der Waals surface area (Å²) in [5, 5.41) is 23.5. The lowest BCUT2D eigenvalue weighted by atomic mass is 9.83. The molecule has 0 N–H and O–H groups in total. The van der Waals surface area contributed by atoms with Gasteiger partial charge in [-0.05, 0) is 160 Å². The zero-order valence-electron chi connectivity index (χ0n) is 33.8. The van der Waals surface area contributed by atoms with E-state index in [1.807, 2.05) is 0 Å². The molecule has 0 spiro atoms. The van der Waals surface area contributed by atoms with Gasteiger partial charge in [-0.3, -0.25) is 0 Å². The van der Waals surface area contributed by atoms with Gasteiger partial charge in [0.2, 0.25) is 0 Å². The Bertz CT molecular complexity index is 4110. The molecule has 0 nitrogen and oxygen atoms in total. The molecule has 0 aliphatic heterocycles. The summed E-state index contributed by atoms with van der Waals surface area (Å²) in [5.41, 5.74) is 10.1. The first kappa shape index (κ1) is 33.7. The predicted molar refractivity (Wildman–Crippen MR) is 268 cm³/mol. The van der Waals surface area contributed by atoms with Gasteiger partial charge in [0.05, 0.1) is 0 Å². The van der Waals surface area contributed by atoms with E-state index in [0.29, 0.717) is 0 Å². The maximum absolute atomic E-state index is 2.53. The van der Waals surface area contributed by atoms with Gasteiger partial charge < -0.3 is 0 Å². The Morgan fingerprint density at radius 3 is 1.42 bits per heavy atom. The van der Waals surface area contributed by atoms with Gasteiger partial charge in [-0.1, -0.05) is 200 Å². The Kier molecular flexibility index (Phi) is 6.92. The zero-order chi connectivity index (χ0) is 40.5. The van der Waals surface area contributed by atoms with Gasteiger partial charge >= 0.3 is 0 Å². The second-order valence-electron chi connectivity index (χ2n) is 17.0. The first-order valence-electron chi connectivity index (χ1n) is 21.7. The van der Waals surface area contributed by atoms with Crippen LogP contribution in [0.3, 0.4) is 0 Å². The highest BCUT2D eigenvalue weighted by atomic mass is 14.3. The van der Waals surface area contributed by atoms with Gasteiger partial charge in [0.1, 0.15) is 0 Å². The largest absolute Gasteiger partial charge is 0.0622 e. The molecule has 0 radical (unpaired) electrons. The third-order valence-electron chi connectivity index (χ3n) is 13.9. The van der Waals surface area contributed by atoms with Crippen molar-refractivity contribution in [1.29, 1.82) is 0 Å². The molecule has 0 bridgehead atoms. The van der Waals surface area contributed by atoms with Gasteiger partial charge in [0.15, 0.2) is 0 Å². The van der Waals surface area contributed by atoms with Crippen molar-refractivity contribution in [1.82, 2.24) is 0 Å². The molecule has 0 heterocycles. The molecule has 284 valence electrons. The molecule has 0 unspecified atom stereocenters. The molecule has 0 atom stereocenters. The normalized spacial score (nSPS) is 12.2. The summed E-state index contributed by atoms with van der Waals surface area (Å²) < 4.78 is 0. The number of fused-ring (bicyclic) bond motifs is 11. The van der Waals surface area contributed by atoms with Gasteiger partial charge in [0.25, 0.3) is 0 Å². The molecule has 0 amide bonds. The molecule has 14 aromatic rings. The minimum atomic E-state index is 1.23. The lowest BCUT2D eigenvalue weighted by Crippen LogP contribution is -1.91. The van der Waals surface area contributed by atoms with E-state index in [1.54, 1.807) is 0 Å². The van der Waals surface area contributed by atoms with Crippen molar-refractivity contribution in [2.75, 3.05) is 0 Å². The monoisotopic (exact) mass is 780 g/mol. The quantitative estimate of drug-likeness (QED) is 0.156. The topological polar surface area (TPSA) is 0 Å². The second-order valence-corrected chi connectivity index (χ2v) is 17.0. The number of hydrogen-bond acceptors (Lipinski definition) is 0. The van der Waals surface area contributed by atoms with E-state index >= 15 is 0 Å². The van der Waals surface area contributed by atoms with Gasteiger partial charge in [0, 0.05) is 0 Å². The first-order chi connectivity index (χ1) is 30.8. The number of rotatable bonds is 4. The molecule has 0 saturated heterocycles. The molecule has 62 heavy (non-hydrogen) atoms. The average molecular weight is 781 g/mol. The lowest BCUT2D eigenvalue weighted by Gasteiger charge is -2.19. The van der Waals surface area contributed by atoms with Crippen molar-refractivity contribution in [3.8, 4) is 44.5 Å². The predicted octanol–water partition coefficient (Wildman–Crippen LogP) is 17.6. The molecule has 0 aromatic heterocycles. The molecule has 0 aliphatic rings. The fourth-order valence-electron chi connectivity index (χ4n) is 11.4. The van der Waals surface area contributed by atoms with E-state index in [9.17, 15) is 0 Å². The fourth-order valence-corrected chi connectivity index (χ4v) is 11.4. The van der Waals surface area contributed by atoms with Gasteiger partial charge in [-0.2, -0.15) is 0 Å². The smallest absolute Gasteiger partial charge is 0.000697 e. The Hall–Kier alpha value is -8.06. The summed E-state index contributed by atoms with van der Waals surface area (Å²) in [7, 11) is 0. The summed E-state index contributed by atoms with van der Waals surface area (Å²) >= 11 is 0. The van der Waals surface area contributed by atoms with Crippen LogP contribution in [0.2, 0.25) is 0 Å². The summed E-state index contributed by atoms with van der Waals surface area (Å²) in [5.74, 6) is 0. The minimum absolute atomic E-state index is 1.23. The Balaban J connectivity index is 1.19. The van der Waals surface area contributed by atoms with E-state index in [2.05, 4.69) is 218 Å². The summed E-state index contributed by atoms with van der Waals surface area (Å²) in [6, 6.07) is 81.7. The van der Waals surface area contributed by atoms with Crippen molar-refractivity contribution >= 4 is 97.0 Å². The molecule has 0 saturated carbocycles. The van der Waals surface area contributed by atoms with Crippen molar-refractivity contribution in [3.05, 3.63) is 218 Å². The van der Waals surface area contributed by atoms with Crippen LogP contribution in [0.25, 0.3) is 141 Å². The van der Waals surface area contributed by atoms with Crippen LogP contribution >= 0.6 is 0 Å². The van der Waals surface area contributed by atoms with Crippen LogP contribution in [0.15, 0.2) is 218 Å². The molecule has 0 fully saturated rings. The van der Waals surface area contributed by atoms with Crippen molar-refractivity contribution in [2.45, 2.75) is 0 Å². The van der Waals surface area contributed by atoms with Crippen LogP contribution in [-0.2, 0) is 0 Å². The van der Waals surface area contributed by atoms with Crippen molar-refractivity contribution in [3.63, 3.8) is 0 Å².